The maximum atomic E-state index is 2.51. The summed E-state index contributed by atoms with van der Waals surface area (Å²) in [5.41, 5.74) is 12.8. The minimum atomic E-state index is 0.679. The van der Waals surface area contributed by atoms with E-state index in [9.17, 15) is 0 Å². The van der Waals surface area contributed by atoms with Crippen molar-refractivity contribution in [2.24, 2.45) is 5.92 Å². The van der Waals surface area contributed by atoms with Crippen molar-refractivity contribution in [1.29, 1.82) is 0 Å². The van der Waals surface area contributed by atoms with Gasteiger partial charge < -0.3 is 0 Å². The summed E-state index contributed by atoms with van der Waals surface area (Å²) >= 11 is 0. The molecule has 0 saturated heterocycles. The van der Waals surface area contributed by atoms with Crippen LogP contribution in [-0.4, -0.2) is 0 Å². The fourth-order valence-corrected chi connectivity index (χ4v) is 8.04. The maximum absolute atomic E-state index is 2.51. The first-order valence-electron chi connectivity index (χ1n) is 15.5. The van der Waals surface area contributed by atoms with E-state index in [1.165, 1.54) is 95.3 Å². The van der Waals surface area contributed by atoms with Crippen LogP contribution in [0.2, 0.25) is 0 Å². The molecule has 0 aliphatic heterocycles. The van der Waals surface area contributed by atoms with Gasteiger partial charge in [0.2, 0.25) is 0 Å². The van der Waals surface area contributed by atoms with Gasteiger partial charge in [-0.3, -0.25) is 0 Å². The minimum absolute atomic E-state index is 0.679. The average Bonchev–Trinajstić information content (AvgIpc) is 3.48. The number of benzene rings is 5. The second-order valence-corrected chi connectivity index (χ2v) is 12.3. The Kier molecular flexibility index (Phi) is 5.38. The summed E-state index contributed by atoms with van der Waals surface area (Å²) in [6, 6.07) is 29.7. The lowest BCUT2D eigenvalue weighted by molar-refractivity contribution is 0.572. The van der Waals surface area contributed by atoms with E-state index in [4.69, 9.17) is 0 Å². The molecular weight excluding hydrogens is 504 g/mol. The van der Waals surface area contributed by atoms with Gasteiger partial charge in [0.25, 0.3) is 0 Å². The average molecular weight is 537 g/mol. The smallest absolute Gasteiger partial charge is 0.00327 e. The molecule has 0 bridgehead atoms. The fraction of sp³-hybridized carbons (Fsp3) is 0.143. The predicted molar refractivity (Wildman–Crippen MR) is 182 cm³/mol. The molecule has 0 amide bonds. The maximum Gasteiger partial charge on any atom is -0.00327 e. The number of fused-ring (bicyclic) bond motifs is 3. The van der Waals surface area contributed by atoms with Crippen LogP contribution in [0.3, 0.4) is 0 Å². The molecule has 0 radical (unpaired) electrons. The fourth-order valence-electron chi connectivity index (χ4n) is 8.04. The minimum Gasteiger partial charge on any atom is -0.0839 e. The molecule has 0 heteroatoms. The van der Waals surface area contributed by atoms with Crippen molar-refractivity contribution in [3.8, 4) is 0 Å². The Bertz CT molecular complexity index is 2080. The molecule has 0 spiro atoms. The molecule has 5 aromatic rings. The summed E-state index contributed by atoms with van der Waals surface area (Å²) in [5.74, 6) is 0.679. The van der Waals surface area contributed by atoms with Gasteiger partial charge in [0.15, 0.2) is 0 Å². The Balaban J connectivity index is 1.22. The van der Waals surface area contributed by atoms with E-state index >= 15 is 0 Å². The predicted octanol–water partition coefficient (Wildman–Crippen LogP) is 11.6. The summed E-state index contributed by atoms with van der Waals surface area (Å²) in [5, 5.41) is 8.32. The van der Waals surface area contributed by atoms with Gasteiger partial charge in [-0.2, -0.15) is 0 Å². The third-order valence-electron chi connectivity index (χ3n) is 10.0. The summed E-state index contributed by atoms with van der Waals surface area (Å²) in [4.78, 5) is 0. The molecule has 0 heterocycles. The number of hydrogen-bond donors (Lipinski definition) is 0. The number of hydrogen-bond acceptors (Lipinski definition) is 0. The van der Waals surface area contributed by atoms with Gasteiger partial charge in [0.1, 0.15) is 0 Å². The molecule has 200 valence electrons. The van der Waals surface area contributed by atoms with Crippen LogP contribution in [0.15, 0.2) is 121 Å². The third-order valence-corrected chi connectivity index (χ3v) is 10.0. The van der Waals surface area contributed by atoms with E-state index in [2.05, 4.69) is 127 Å². The molecule has 0 nitrogen and oxygen atoms in total. The largest absolute Gasteiger partial charge is 0.0839 e. The van der Waals surface area contributed by atoms with E-state index < -0.39 is 0 Å². The highest BCUT2D eigenvalue weighted by Crippen LogP contribution is 2.46. The van der Waals surface area contributed by atoms with Crippen LogP contribution < -0.4 is 0 Å². The molecule has 0 saturated carbocycles. The Morgan fingerprint density at radius 1 is 0.524 bits per heavy atom. The molecule has 0 aromatic heterocycles. The quantitative estimate of drug-likeness (QED) is 0.197. The normalized spacial score (nSPS) is 19.1. The zero-order chi connectivity index (χ0) is 27.6. The van der Waals surface area contributed by atoms with Crippen molar-refractivity contribution >= 4 is 61.2 Å². The Hall–Kier alpha value is -4.68. The summed E-state index contributed by atoms with van der Waals surface area (Å²) in [6.07, 6.45) is 24.4. The van der Waals surface area contributed by atoms with E-state index in [1.807, 2.05) is 0 Å². The van der Waals surface area contributed by atoms with Crippen molar-refractivity contribution in [3.05, 3.63) is 149 Å². The van der Waals surface area contributed by atoms with Crippen LogP contribution in [0.4, 0.5) is 0 Å². The van der Waals surface area contributed by atoms with Gasteiger partial charge in [0.05, 0.1) is 0 Å². The van der Waals surface area contributed by atoms with Crippen molar-refractivity contribution in [1.82, 2.24) is 0 Å². The van der Waals surface area contributed by atoms with Crippen LogP contribution in [0, 0.1) is 5.92 Å². The van der Waals surface area contributed by atoms with Gasteiger partial charge >= 0.3 is 0 Å². The van der Waals surface area contributed by atoms with Crippen LogP contribution in [0.5, 0.6) is 0 Å². The zero-order valence-electron chi connectivity index (χ0n) is 23.7. The van der Waals surface area contributed by atoms with Crippen LogP contribution in [0.25, 0.3) is 61.2 Å². The zero-order valence-corrected chi connectivity index (χ0v) is 23.7. The van der Waals surface area contributed by atoms with Crippen molar-refractivity contribution < 1.29 is 0 Å². The SMILES string of the molecule is C1=CCC2CCC(c3c4ccccc4c(C4=CC=C(c5ccc6c7c(cccc57)C=C6)CC4)c4ccccc34)=CC2=C1. The molecule has 4 aliphatic rings. The Morgan fingerprint density at radius 3 is 1.88 bits per heavy atom. The van der Waals surface area contributed by atoms with Gasteiger partial charge in [-0.15, -0.1) is 0 Å². The van der Waals surface area contributed by atoms with Crippen molar-refractivity contribution in [3.63, 3.8) is 0 Å². The van der Waals surface area contributed by atoms with Crippen LogP contribution >= 0.6 is 0 Å². The number of rotatable bonds is 3. The molecule has 1 atom stereocenters. The van der Waals surface area contributed by atoms with Gasteiger partial charge in [-0.05, 0) is 120 Å². The topological polar surface area (TPSA) is 0 Å². The first kappa shape index (κ1) is 24.0. The summed E-state index contributed by atoms with van der Waals surface area (Å²) in [7, 11) is 0. The lowest BCUT2D eigenvalue weighted by Crippen LogP contribution is -2.10. The Labute approximate surface area is 247 Å². The second kappa shape index (κ2) is 9.43. The van der Waals surface area contributed by atoms with Crippen molar-refractivity contribution in [2.45, 2.75) is 32.1 Å². The van der Waals surface area contributed by atoms with E-state index in [0.717, 1.165) is 19.3 Å². The van der Waals surface area contributed by atoms with Gasteiger partial charge in [-0.25, -0.2) is 0 Å². The molecule has 1 unspecified atom stereocenters. The van der Waals surface area contributed by atoms with E-state index in [0.29, 0.717) is 5.92 Å². The summed E-state index contributed by atoms with van der Waals surface area (Å²) < 4.78 is 0. The first-order valence-corrected chi connectivity index (χ1v) is 15.5. The molecular formula is C42H32. The van der Waals surface area contributed by atoms with Gasteiger partial charge in [-0.1, -0.05) is 127 Å². The molecule has 0 fully saturated rings. The molecule has 0 N–H and O–H groups in total. The second-order valence-electron chi connectivity index (χ2n) is 12.3. The number of allylic oxidation sites excluding steroid dienone is 10. The standard InChI is InChI=1S/C42H32/c1-2-9-32-26-33(23-16-27(32)8-1)42-38-13-5-3-11-36(38)41(37-12-4-6-14-39(37)42)31-19-17-28(18-20-31)34-25-24-30-22-21-29-10-7-15-35(34)40(29)30/h1-7,9-15,17,19,21-22,24-27H,8,16,18,20,23H2. The van der Waals surface area contributed by atoms with Crippen LogP contribution in [0.1, 0.15) is 59.9 Å². The monoisotopic (exact) mass is 536 g/mol. The highest BCUT2D eigenvalue weighted by atomic mass is 14.3. The van der Waals surface area contributed by atoms with Crippen molar-refractivity contribution in [2.75, 3.05) is 0 Å². The molecule has 42 heavy (non-hydrogen) atoms. The molecule has 4 aliphatic carbocycles. The highest BCUT2D eigenvalue weighted by Gasteiger charge is 2.25. The first-order chi connectivity index (χ1) is 20.8. The Morgan fingerprint density at radius 2 is 1.17 bits per heavy atom. The van der Waals surface area contributed by atoms with Gasteiger partial charge in [0, 0.05) is 0 Å². The lowest BCUT2D eigenvalue weighted by atomic mass is 9.76. The third kappa shape index (κ3) is 3.61. The molecule has 5 aromatic carbocycles. The highest BCUT2D eigenvalue weighted by molar-refractivity contribution is 6.16. The molecule has 9 rings (SSSR count). The van der Waals surface area contributed by atoms with E-state index in [1.54, 1.807) is 0 Å². The summed E-state index contributed by atoms with van der Waals surface area (Å²) in [6.45, 7) is 0. The van der Waals surface area contributed by atoms with E-state index in [-0.39, 0.29) is 0 Å². The van der Waals surface area contributed by atoms with Crippen LogP contribution in [-0.2, 0) is 0 Å². The lowest BCUT2D eigenvalue weighted by Gasteiger charge is -2.28.